The van der Waals surface area contributed by atoms with Crippen LogP contribution in [0.1, 0.15) is 7.85 Å². The van der Waals surface area contributed by atoms with Gasteiger partial charge in [0, 0.05) is 0 Å². The molecule has 3 nitrogen and oxygen atoms in total. The third-order valence-electron chi connectivity index (χ3n) is 0.880. The molecule has 0 unspecified atom stereocenters. The van der Waals surface area contributed by atoms with Crippen molar-refractivity contribution in [3.8, 4) is 0 Å². The molecule has 56 valence electrons. The number of carboxylic acids is 1. The van der Waals surface area contributed by atoms with Crippen LogP contribution in [-0.4, -0.2) is 34.3 Å². The van der Waals surface area contributed by atoms with Crippen molar-refractivity contribution in [1.82, 2.24) is 0 Å². The fraction of sp³-hybridized carbons (Fsp3) is 0.800. The average Bonchev–Trinajstić information content (AvgIpc) is 1.82. The summed E-state index contributed by atoms with van der Waals surface area (Å²) < 4.78 is 0. The number of carbonyl (C=O) groups is 1. The fourth-order valence-electron chi connectivity index (χ4n) is 0.353. The molecule has 0 aromatic carbocycles. The average molecular weight is 190 g/mol. The van der Waals surface area contributed by atoms with Crippen LogP contribution >= 0.6 is 11.8 Å². The maximum Gasteiger partial charge on any atom is 1.00 e. The summed E-state index contributed by atoms with van der Waals surface area (Å²) in [5.41, 5.74) is 0. The van der Waals surface area contributed by atoms with Crippen molar-refractivity contribution in [3.05, 3.63) is 0 Å². The van der Waals surface area contributed by atoms with Crippen molar-refractivity contribution in [2.75, 3.05) is 12.0 Å². The van der Waals surface area contributed by atoms with E-state index in [1.165, 1.54) is 11.8 Å². The van der Waals surface area contributed by atoms with Crippen molar-refractivity contribution < 1.29 is 67.8 Å². The molecule has 2 N–H and O–H groups in total. The number of aliphatic hydroxyl groups excluding tert-OH is 1. The number of carboxylic acid groups (broad SMARTS) is 1. The minimum Gasteiger partial charge on any atom is -1.00 e. The Bertz CT molecular complexity index is 104. The van der Waals surface area contributed by atoms with Crippen molar-refractivity contribution in [1.29, 1.82) is 0 Å². The van der Waals surface area contributed by atoms with E-state index in [1.54, 1.807) is 0 Å². The largest absolute Gasteiger partial charge is 1.00 e. The molecule has 0 bridgehead atoms. The molecule has 0 spiro atoms. The predicted molar refractivity (Wildman–Crippen MR) is 37.8 cm³/mol. The molecule has 0 aromatic rings. The second kappa shape index (κ2) is 8.51. The van der Waals surface area contributed by atoms with Crippen LogP contribution in [0.25, 0.3) is 0 Å². The van der Waals surface area contributed by atoms with Crippen molar-refractivity contribution in [2.24, 2.45) is 0 Å². The molecule has 0 saturated heterocycles. The number of aliphatic hydroxyl groups is 1. The monoisotopic (exact) mass is 190 g/mol. The first-order valence-corrected chi connectivity index (χ1v) is 3.97. The van der Waals surface area contributed by atoms with E-state index < -0.39 is 12.1 Å². The third kappa shape index (κ3) is 7.52. The van der Waals surface area contributed by atoms with E-state index >= 15 is 0 Å². The van der Waals surface area contributed by atoms with Gasteiger partial charge in [0.2, 0.25) is 0 Å². The molecular formula is C5H11KO3S. The summed E-state index contributed by atoms with van der Waals surface area (Å²) in [6, 6.07) is 0. The van der Waals surface area contributed by atoms with Crippen LogP contribution in [0.5, 0.6) is 0 Å². The molecule has 0 amide bonds. The van der Waals surface area contributed by atoms with Gasteiger partial charge >= 0.3 is 57.4 Å². The van der Waals surface area contributed by atoms with Gasteiger partial charge < -0.3 is 11.6 Å². The topological polar surface area (TPSA) is 57.5 Å². The molecule has 0 fully saturated rings. The van der Waals surface area contributed by atoms with Crippen LogP contribution in [0.4, 0.5) is 0 Å². The Balaban J connectivity index is -0.000000320. The van der Waals surface area contributed by atoms with Crippen LogP contribution in [0, 0.1) is 0 Å². The zero-order valence-electron chi connectivity index (χ0n) is 7.20. The van der Waals surface area contributed by atoms with E-state index in [-0.39, 0.29) is 52.8 Å². The smallest absolute Gasteiger partial charge is 1.00 e. The molecule has 0 aromatic heterocycles. The van der Waals surface area contributed by atoms with Crippen molar-refractivity contribution >= 4 is 17.7 Å². The molecule has 5 heteroatoms. The van der Waals surface area contributed by atoms with E-state index in [1.807, 2.05) is 6.26 Å². The Morgan fingerprint density at radius 2 is 2.30 bits per heavy atom. The van der Waals surface area contributed by atoms with Gasteiger partial charge in [0.15, 0.2) is 6.10 Å². The Kier molecular flexibility index (Phi) is 11.9. The van der Waals surface area contributed by atoms with Gasteiger partial charge in [-0.3, -0.25) is 0 Å². The van der Waals surface area contributed by atoms with Gasteiger partial charge in [0.05, 0.1) is 0 Å². The summed E-state index contributed by atoms with van der Waals surface area (Å²) in [4.78, 5) is 9.95. The van der Waals surface area contributed by atoms with Gasteiger partial charge in [-0.1, -0.05) is 0 Å². The Labute approximate surface area is 108 Å². The first-order chi connectivity index (χ1) is 4.18. The number of rotatable bonds is 4. The van der Waals surface area contributed by atoms with Crippen molar-refractivity contribution in [3.63, 3.8) is 0 Å². The molecule has 0 radical (unpaired) electrons. The summed E-state index contributed by atoms with van der Waals surface area (Å²) in [6.45, 7) is 0. The fourth-order valence-corrected chi connectivity index (χ4v) is 0.812. The minimum atomic E-state index is -1.18. The van der Waals surface area contributed by atoms with Crippen molar-refractivity contribution in [2.45, 2.75) is 12.5 Å². The molecule has 0 saturated carbocycles. The maximum absolute atomic E-state index is 9.95. The third-order valence-corrected chi connectivity index (χ3v) is 1.52. The maximum atomic E-state index is 9.95. The first-order valence-electron chi connectivity index (χ1n) is 2.58. The standard InChI is InChI=1S/C5H10O3S.K.H/c1-9-3-2-4(6)5(7)8;;/h4,6H,2-3H2,1H3,(H,7,8);;/q;+1;-1/t4-;;/m0../s1. The van der Waals surface area contributed by atoms with Gasteiger partial charge in [-0.25, -0.2) is 4.79 Å². The molecule has 0 aliphatic heterocycles. The molecule has 0 rings (SSSR count). The number of thioether (sulfide) groups is 1. The molecular weight excluding hydrogens is 179 g/mol. The SMILES string of the molecule is CSCC[C@H](O)C(=O)O.[H-].[K+]. The first kappa shape index (κ1) is 14.0. The van der Waals surface area contributed by atoms with Crippen LogP contribution < -0.4 is 51.4 Å². The zero-order valence-corrected chi connectivity index (χ0v) is 10.1. The Morgan fingerprint density at radius 1 is 1.80 bits per heavy atom. The number of hydrogen-bond acceptors (Lipinski definition) is 3. The van der Waals surface area contributed by atoms with Gasteiger partial charge in [-0.15, -0.1) is 0 Å². The quantitative estimate of drug-likeness (QED) is 0.474. The molecule has 1 atom stereocenters. The summed E-state index contributed by atoms with van der Waals surface area (Å²) in [5.74, 6) is -0.447. The van der Waals surface area contributed by atoms with E-state index in [9.17, 15) is 4.79 Å². The van der Waals surface area contributed by atoms with E-state index in [0.29, 0.717) is 12.2 Å². The summed E-state index contributed by atoms with van der Waals surface area (Å²) in [6.07, 6.45) is 1.02. The van der Waals surface area contributed by atoms with Gasteiger partial charge in [0.1, 0.15) is 0 Å². The second-order valence-electron chi connectivity index (χ2n) is 1.64. The molecule has 10 heavy (non-hydrogen) atoms. The predicted octanol–water partition coefficient (Wildman–Crippen LogP) is -2.70. The van der Waals surface area contributed by atoms with Crippen LogP contribution in [-0.2, 0) is 4.79 Å². The molecule has 0 aliphatic carbocycles. The van der Waals surface area contributed by atoms with E-state index in [0.717, 1.165) is 0 Å². The van der Waals surface area contributed by atoms with Gasteiger partial charge in [-0.2, -0.15) is 11.8 Å². The van der Waals surface area contributed by atoms with Gasteiger partial charge in [-0.05, 0) is 18.4 Å². The Morgan fingerprint density at radius 3 is 2.60 bits per heavy atom. The summed E-state index contributed by atoms with van der Waals surface area (Å²) in [5, 5.41) is 16.8. The summed E-state index contributed by atoms with van der Waals surface area (Å²) >= 11 is 1.52. The van der Waals surface area contributed by atoms with E-state index in [2.05, 4.69) is 0 Å². The molecule has 0 heterocycles. The molecule has 0 aliphatic rings. The normalized spacial score (nSPS) is 11.8. The minimum absolute atomic E-state index is 0. The Hall–Kier alpha value is 1.42. The number of aliphatic carboxylic acids is 1. The van der Waals surface area contributed by atoms with Gasteiger partial charge in [0.25, 0.3) is 0 Å². The number of hydrogen-bond donors (Lipinski definition) is 2. The second-order valence-corrected chi connectivity index (χ2v) is 2.62. The van der Waals surface area contributed by atoms with Crippen LogP contribution in [0.15, 0.2) is 0 Å². The zero-order chi connectivity index (χ0) is 7.28. The summed E-state index contributed by atoms with van der Waals surface area (Å²) in [7, 11) is 0. The van der Waals surface area contributed by atoms with Crippen LogP contribution in [0.3, 0.4) is 0 Å². The van der Waals surface area contributed by atoms with E-state index in [4.69, 9.17) is 10.2 Å². The van der Waals surface area contributed by atoms with Crippen LogP contribution in [0.2, 0.25) is 0 Å².